The van der Waals surface area contributed by atoms with Crippen LogP contribution in [0.15, 0.2) is 12.7 Å². The van der Waals surface area contributed by atoms with Gasteiger partial charge in [-0.2, -0.15) is 0 Å². The van der Waals surface area contributed by atoms with E-state index in [9.17, 15) is 4.79 Å². The monoisotopic (exact) mass is 158 g/mol. The molecule has 11 heavy (non-hydrogen) atoms. The number of ether oxygens (including phenoxy) is 1. The first-order chi connectivity index (χ1) is 5.22. The van der Waals surface area contributed by atoms with Crippen molar-refractivity contribution in [1.29, 1.82) is 0 Å². The van der Waals surface area contributed by atoms with Gasteiger partial charge in [-0.3, -0.25) is 4.79 Å². The van der Waals surface area contributed by atoms with Crippen molar-refractivity contribution in [3.63, 3.8) is 0 Å². The highest BCUT2D eigenvalue weighted by molar-refractivity contribution is 5.72. The first-order valence-corrected chi connectivity index (χ1v) is 3.60. The average Bonchev–Trinajstić information content (AvgIpc) is 2.00. The second-order valence-corrected chi connectivity index (χ2v) is 2.32. The predicted molar refractivity (Wildman–Crippen MR) is 42.0 cm³/mol. The Morgan fingerprint density at radius 3 is 2.91 bits per heavy atom. The first-order valence-electron chi connectivity index (χ1n) is 3.60. The van der Waals surface area contributed by atoms with E-state index in [4.69, 9.17) is 5.11 Å². The van der Waals surface area contributed by atoms with E-state index in [0.29, 0.717) is 6.42 Å². The molecule has 0 fully saturated rings. The lowest BCUT2D eigenvalue weighted by atomic mass is 10.1. The number of aliphatic hydroxyl groups is 1. The maximum absolute atomic E-state index is 10.9. The van der Waals surface area contributed by atoms with Gasteiger partial charge in [-0.1, -0.05) is 13.0 Å². The van der Waals surface area contributed by atoms with Crippen LogP contribution in [0.5, 0.6) is 0 Å². The Morgan fingerprint density at radius 1 is 1.82 bits per heavy atom. The first kappa shape index (κ1) is 10.2. The molecule has 0 heterocycles. The minimum Gasteiger partial charge on any atom is -0.463 e. The highest BCUT2D eigenvalue weighted by Crippen LogP contribution is 2.03. The van der Waals surface area contributed by atoms with Gasteiger partial charge in [0.2, 0.25) is 0 Å². The molecule has 0 aliphatic heterocycles. The average molecular weight is 158 g/mol. The molecule has 64 valence electrons. The van der Waals surface area contributed by atoms with Crippen LogP contribution in [0.25, 0.3) is 0 Å². The van der Waals surface area contributed by atoms with Crippen LogP contribution in [-0.2, 0) is 9.53 Å². The lowest BCUT2D eigenvalue weighted by Crippen LogP contribution is -2.16. The molecule has 0 saturated heterocycles. The Labute approximate surface area is 66.7 Å². The van der Waals surface area contributed by atoms with Crippen LogP contribution < -0.4 is 0 Å². The van der Waals surface area contributed by atoms with Crippen molar-refractivity contribution in [2.24, 2.45) is 5.92 Å². The van der Waals surface area contributed by atoms with E-state index in [1.54, 1.807) is 13.0 Å². The zero-order valence-electron chi connectivity index (χ0n) is 6.75. The quantitative estimate of drug-likeness (QED) is 0.474. The summed E-state index contributed by atoms with van der Waals surface area (Å²) >= 11 is 0. The van der Waals surface area contributed by atoms with E-state index in [1.807, 2.05) is 0 Å². The predicted octanol–water partition coefficient (Wildman–Crippen LogP) is 0.734. The molecular weight excluding hydrogens is 144 g/mol. The van der Waals surface area contributed by atoms with E-state index < -0.39 is 0 Å². The molecule has 0 aromatic heterocycles. The number of esters is 1. The molecule has 0 aliphatic carbocycles. The number of hydrogen-bond donors (Lipinski definition) is 1. The van der Waals surface area contributed by atoms with Crippen molar-refractivity contribution in [2.45, 2.75) is 13.3 Å². The SMILES string of the molecule is C=CCC(C)C(=O)OCCO. The van der Waals surface area contributed by atoms with Crippen molar-refractivity contribution in [3.05, 3.63) is 12.7 Å². The Morgan fingerprint density at radius 2 is 2.45 bits per heavy atom. The number of hydrogen-bond acceptors (Lipinski definition) is 3. The third-order valence-corrected chi connectivity index (χ3v) is 1.26. The lowest BCUT2D eigenvalue weighted by Gasteiger charge is -2.07. The van der Waals surface area contributed by atoms with E-state index >= 15 is 0 Å². The van der Waals surface area contributed by atoms with E-state index in [-0.39, 0.29) is 25.1 Å². The number of aliphatic hydroxyl groups excluding tert-OH is 1. The molecule has 1 unspecified atom stereocenters. The van der Waals surface area contributed by atoms with Gasteiger partial charge in [0.1, 0.15) is 6.61 Å². The highest BCUT2D eigenvalue weighted by atomic mass is 16.5. The molecule has 0 saturated carbocycles. The fourth-order valence-corrected chi connectivity index (χ4v) is 0.635. The number of carbonyl (C=O) groups is 1. The van der Waals surface area contributed by atoms with Crippen LogP contribution in [-0.4, -0.2) is 24.3 Å². The lowest BCUT2D eigenvalue weighted by molar-refractivity contribution is -0.148. The zero-order chi connectivity index (χ0) is 8.69. The largest absolute Gasteiger partial charge is 0.463 e. The van der Waals surface area contributed by atoms with E-state index in [2.05, 4.69) is 11.3 Å². The van der Waals surface area contributed by atoms with Gasteiger partial charge in [0.05, 0.1) is 12.5 Å². The fourth-order valence-electron chi connectivity index (χ4n) is 0.635. The maximum atomic E-state index is 10.9. The fraction of sp³-hybridized carbons (Fsp3) is 0.625. The second-order valence-electron chi connectivity index (χ2n) is 2.32. The molecule has 0 spiro atoms. The van der Waals surface area contributed by atoms with Crippen LogP contribution in [0.3, 0.4) is 0 Å². The summed E-state index contributed by atoms with van der Waals surface area (Å²) in [4.78, 5) is 10.9. The molecular formula is C8H14O3. The Bertz CT molecular complexity index is 131. The third kappa shape index (κ3) is 4.56. The Kier molecular flexibility index (Phi) is 5.47. The van der Waals surface area contributed by atoms with E-state index in [1.165, 1.54) is 0 Å². The standard InChI is InChI=1S/C8H14O3/c1-3-4-7(2)8(10)11-6-5-9/h3,7,9H,1,4-6H2,2H3. The molecule has 3 nitrogen and oxygen atoms in total. The molecule has 0 radical (unpaired) electrons. The van der Waals surface area contributed by atoms with Gasteiger partial charge < -0.3 is 9.84 Å². The topological polar surface area (TPSA) is 46.5 Å². The summed E-state index contributed by atoms with van der Waals surface area (Å²) in [6.07, 6.45) is 2.29. The number of carbonyl (C=O) groups excluding carboxylic acids is 1. The van der Waals surface area contributed by atoms with Crippen LogP contribution in [0.2, 0.25) is 0 Å². The van der Waals surface area contributed by atoms with Crippen molar-refractivity contribution in [1.82, 2.24) is 0 Å². The van der Waals surface area contributed by atoms with Crippen LogP contribution in [0.1, 0.15) is 13.3 Å². The molecule has 0 rings (SSSR count). The maximum Gasteiger partial charge on any atom is 0.309 e. The van der Waals surface area contributed by atoms with E-state index in [0.717, 1.165) is 0 Å². The molecule has 0 aromatic carbocycles. The minimum atomic E-state index is -0.279. The highest BCUT2D eigenvalue weighted by Gasteiger charge is 2.11. The summed E-state index contributed by atoms with van der Waals surface area (Å²) in [7, 11) is 0. The van der Waals surface area contributed by atoms with Gasteiger partial charge in [-0.05, 0) is 6.42 Å². The molecule has 3 heteroatoms. The molecule has 0 bridgehead atoms. The number of rotatable bonds is 5. The Hall–Kier alpha value is -0.830. The van der Waals surface area contributed by atoms with Crippen LogP contribution >= 0.6 is 0 Å². The minimum absolute atomic E-state index is 0.0836. The van der Waals surface area contributed by atoms with Gasteiger partial charge in [0.15, 0.2) is 0 Å². The third-order valence-electron chi connectivity index (χ3n) is 1.26. The smallest absolute Gasteiger partial charge is 0.309 e. The van der Waals surface area contributed by atoms with Crippen LogP contribution in [0, 0.1) is 5.92 Å². The van der Waals surface area contributed by atoms with Crippen molar-refractivity contribution < 1.29 is 14.6 Å². The van der Waals surface area contributed by atoms with Gasteiger partial charge in [-0.15, -0.1) is 6.58 Å². The van der Waals surface area contributed by atoms with Gasteiger partial charge in [-0.25, -0.2) is 0 Å². The van der Waals surface area contributed by atoms with Crippen LogP contribution in [0.4, 0.5) is 0 Å². The summed E-state index contributed by atoms with van der Waals surface area (Å²) < 4.78 is 4.67. The van der Waals surface area contributed by atoms with Gasteiger partial charge in [0, 0.05) is 0 Å². The Balaban J connectivity index is 3.54. The second kappa shape index (κ2) is 5.92. The molecule has 0 aliphatic rings. The molecule has 1 N–H and O–H groups in total. The zero-order valence-corrected chi connectivity index (χ0v) is 6.75. The summed E-state index contributed by atoms with van der Waals surface area (Å²) in [6, 6.07) is 0. The summed E-state index contributed by atoms with van der Waals surface area (Å²) in [5, 5.41) is 8.33. The van der Waals surface area contributed by atoms with Crippen molar-refractivity contribution in [2.75, 3.05) is 13.2 Å². The van der Waals surface area contributed by atoms with Gasteiger partial charge in [0.25, 0.3) is 0 Å². The summed E-state index contributed by atoms with van der Waals surface area (Å²) in [6.45, 7) is 5.24. The molecule has 0 amide bonds. The molecule has 0 aromatic rings. The summed E-state index contributed by atoms with van der Waals surface area (Å²) in [5.41, 5.74) is 0. The van der Waals surface area contributed by atoms with Crippen molar-refractivity contribution in [3.8, 4) is 0 Å². The van der Waals surface area contributed by atoms with Gasteiger partial charge >= 0.3 is 5.97 Å². The number of allylic oxidation sites excluding steroid dienone is 1. The van der Waals surface area contributed by atoms with Crippen molar-refractivity contribution >= 4 is 5.97 Å². The normalized spacial score (nSPS) is 12.2. The molecule has 1 atom stereocenters. The summed E-state index contributed by atoms with van der Waals surface area (Å²) in [5.74, 6) is -0.432.